The lowest BCUT2D eigenvalue weighted by Gasteiger charge is -2.05. The largest absolute Gasteiger partial charge is 0.476 e. The molecule has 0 aliphatic carbocycles. The highest BCUT2D eigenvalue weighted by Crippen LogP contribution is 2.30. The molecule has 1 heterocycles. The van der Waals surface area contributed by atoms with Crippen molar-refractivity contribution in [3.05, 3.63) is 16.4 Å². The Morgan fingerprint density at radius 3 is 2.35 bits per heavy atom. The van der Waals surface area contributed by atoms with Crippen LogP contribution < -0.4 is 4.74 Å². The Hall–Kier alpha value is -1.53. The summed E-state index contributed by atoms with van der Waals surface area (Å²) in [4.78, 5) is 16.6. The van der Waals surface area contributed by atoms with E-state index in [1.54, 1.807) is 0 Å². The van der Waals surface area contributed by atoms with E-state index >= 15 is 0 Å². The van der Waals surface area contributed by atoms with Gasteiger partial charge < -0.3 is 4.74 Å². The van der Waals surface area contributed by atoms with E-state index in [9.17, 15) is 26.9 Å². The lowest BCUT2D eigenvalue weighted by Crippen LogP contribution is -2.17. The third-order valence-corrected chi connectivity index (χ3v) is 5.06. The van der Waals surface area contributed by atoms with Crippen LogP contribution in [0.5, 0.6) is 5.88 Å². The summed E-state index contributed by atoms with van der Waals surface area (Å²) in [6.07, 6.45) is 0.758. The Kier molecular flexibility index (Phi) is 4.83. The zero-order valence-electron chi connectivity index (χ0n) is 9.89. The lowest BCUT2D eigenvalue weighted by molar-refractivity contribution is -0.389. The molecule has 0 aliphatic rings. The highest BCUT2D eigenvalue weighted by atomic mass is 35.7. The second-order valence-corrected chi connectivity index (χ2v) is 8.28. The van der Waals surface area contributed by atoms with Crippen molar-refractivity contribution in [1.82, 2.24) is 9.97 Å². The first-order valence-electron chi connectivity index (χ1n) is 4.77. The molecule has 0 radical (unpaired) electrons. The van der Waals surface area contributed by atoms with Gasteiger partial charge in [-0.25, -0.2) is 21.8 Å². The van der Waals surface area contributed by atoms with E-state index in [2.05, 4.69) is 14.7 Å². The molecule has 10 nitrogen and oxygen atoms in total. The molecule has 0 aliphatic heterocycles. The van der Waals surface area contributed by atoms with Crippen LogP contribution in [0.15, 0.2) is 11.4 Å². The van der Waals surface area contributed by atoms with Crippen molar-refractivity contribution in [2.75, 3.05) is 18.6 Å². The third-order valence-electron chi connectivity index (χ3n) is 2.02. The highest BCUT2D eigenvalue weighted by Gasteiger charge is 2.33. The van der Waals surface area contributed by atoms with Gasteiger partial charge in [0.25, 0.3) is 5.88 Å². The molecule has 0 saturated heterocycles. The Labute approximate surface area is 118 Å². The van der Waals surface area contributed by atoms with E-state index in [0.717, 1.165) is 13.4 Å². The highest BCUT2D eigenvalue weighted by molar-refractivity contribution is 8.14. The number of hydrogen-bond donors (Lipinski definition) is 0. The standard InChI is InChI=1S/C7H8ClN3O7S2/c1-18-6-5(11(12)13)7(10-4-9-6)19(14,15)2-3-20(8,16)17/h4H,2-3H2,1H3. The number of methoxy groups -OCH3 is 1. The van der Waals surface area contributed by atoms with Crippen LogP contribution in [-0.2, 0) is 18.9 Å². The summed E-state index contributed by atoms with van der Waals surface area (Å²) in [5, 5.41) is 9.96. The number of nitrogens with zero attached hydrogens (tertiary/aromatic N) is 3. The van der Waals surface area contributed by atoms with Crippen LogP contribution in [0.25, 0.3) is 0 Å². The first-order valence-corrected chi connectivity index (χ1v) is 8.90. The summed E-state index contributed by atoms with van der Waals surface area (Å²) in [5.41, 5.74) is -0.957. The Bertz CT molecular complexity index is 731. The number of rotatable bonds is 6. The minimum atomic E-state index is -4.34. The molecule has 0 atom stereocenters. The SMILES string of the molecule is COc1ncnc(S(=O)(=O)CCS(=O)(=O)Cl)c1[N+](=O)[O-]. The second kappa shape index (κ2) is 5.85. The zero-order valence-corrected chi connectivity index (χ0v) is 12.3. The fraction of sp³-hybridized carbons (Fsp3) is 0.429. The van der Waals surface area contributed by atoms with Gasteiger partial charge in [0.15, 0.2) is 0 Å². The zero-order chi connectivity index (χ0) is 15.6. The molecule has 1 aromatic heterocycles. The monoisotopic (exact) mass is 345 g/mol. The van der Waals surface area contributed by atoms with Gasteiger partial charge in [0.2, 0.25) is 23.9 Å². The topological polar surface area (TPSA) is 146 Å². The number of halogens is 1. The summed E-state index contributed by atoms with van der Waals surface area (Å²) >= 11 is 0. The summed E-state index contributed by atoms with van der Waals surface area (Å²) in [6.45, 7) is 0. The molecular weight excluding hydrogens is 338 g/mol. The van der Waals surface area contributed by atoms with Crippen molar-refractivity contribution in [2.45, 2.75) is 5.03 Å². The Balaban J connectivity index is 3.35. The quantitative estimate of drug-likeness (QED) is 0.294. The van der Waals surface area contributed by atoms with Gasteiger partial charge in [-0.1, -0.05) is 0 Å². The second-order valence-electron chi connectivity index (χ2n) is 3.36. The molecule has 0 saturated carbocycles. The van der Waals surface area contributed by atoms with E-state index in [0.29, 0.717) is 0 Å². The molecule has 0 unspecified atom stereocenters. The number of hydrogen-bond acceptors (Lipinski definition) is 9. The predicted molar refractivity (Wildman–Crippen MR) is 66.9 cm³/mol. The van der Waals surface area contributed by atoms with Gasteiger partial charge in [0.1, 0.15) is 6.33 Å². The van der Waals surface area contributed by atoms with Crippen LogP contribution in [-0.4, -0.2) is 50.3 Å². The number of aromatic nitrogens is 2. The number of ether oxygens (including phenoxy) is 1. The molecule has 0 spiro atoms. The smallest absolute Gasteiger partial charge is 0.367 e. The maximum absolute atomic E-state index is 11.9. The van der Waals surface area contributed by atoms with Crippen LogP contribution in [0.2, 0.25) is 0 Å². The summed E-state index contributed by atoms with van der Waals surface area (Å²) < 4.78 is 49.9. The molecule has 0 fully saturated rings. The summed E-state index contributed by atoms with van der Waals surface area (Å²) in [6, 6.07) is 0. The van der Waals surface area contributed by atoms with E-state index in [1.807, 2.05) is 0 Å². The minimum Gasteiger partial charge on any atom is -0.476 e. The molecule has 0 bridgehead atoms. The van der Waals surface area contributed by atoms with Crippen LogP contribution in [0.4, 0.5) is 5.69 Å². The molecule has 0 aromatic carbocycles. The van der Waals surface area contributed by atoms with E-state index in [-0.39, 0.29) is 0 Å². The molecule has 0 amide bonds. The van der Waals surface area contributed by atoms with Crippen LogP contribution >= 0.6 is 10.7 Å². The van der Waals surface area contributed by atoms with E-state index in [4.69, 9.17) is 10.7 Å². The predicted octanol–water partition coefficient (Wildman–Crippen LogP) is -0.264. The molecule has 1 rings (SSSR count). The maximum atomic E-state index is 11.9. The molecule has 1 aromatic rings. The average Bonchev–Trinajstić information content (AvgIpc) is 2.34. The first-order chi connectivity index (χ1) is 9.08. The van der Waals surface area contributed by atoms with Crippen LogP contribution in [0, 0.1) is 10.1 Å². The molecular formula is C7H8ClN3O7S2. The molecule has 0 N–H and O–H groups in total. The van der Waals surface area contributed by atoms with Gasteiger partial charge >= 0.3 is 5.69 Å². The summed E-state index contributed by atoms with van der Waals surface area (Å²) in [5.74, 6) is -2.39. The van der Waals surface area contributed by atoms with Crippen molar-refractivity contribution in [1.29, 1.82) is 0 Å². The average molecular weight is 346 g/mol. The normalized spacial score (nSPS) is 12.1. The fourth-order valence-corrected chi connectivity index (χ4v) is 4.29. The van der Waals surface area contributed by atoms with Crippen molar-refractivity contribution < 1.29 is 26.5 Å². The number of nitro groups is 1. The van der Waals surface area contributed by atoms with E-state index < -0.39 is 51.9 Å². The van der Waals surface area contributed by atoms with Gasteiger partial charge in [0, 0.05) is 10.7 Å². The minimum absolute atomic E-state index is 0.544. The number of sulfone groups is 1. The van der Waals surface area contributed by atoms with Crippen molar-refractivity contribution in [3.8, 4) is 5.88 Å². The maximum Gasteiger partial charge on any atom is 0.367 e. The molecule has 112 valence electrons. The fourth-order valence-electron chi connectivity index (χ4n) is 1.19. The summed E-state index contributed by atoms with van der Waals surface area (Å²) in [7, 11) is -2.44. The van der Waals surface area contributed by atoms with Crippen molar-refractivity contribution in [2.24, 2.45) is 0 Å². The van der Waals surface area contributed by atoms with Gasteiger partial charge in [-0.05, 0) is 0 Å². The van der Waals surface area contributed by atoms with Crippen molar-refractivity contribution >= 4 is 35.3 Å². The third kappa shape index (κ3) is 3.98. The molecule has 13 heteroatoms. The van der Waals surface area contributed by atoms with Gasteiger partial charge in [0.05, 0.1) is 23.5 Å². The lowest BCUT2D eigenvalue weighted by atomic mass is 10.5. The Morgan fingerprint density at radius 1 is 1.30 bits per heavy atom. The van der Waals surface area contributed by atoms with Crippen LogP contribution in [0.3, 0.4) is 0 Å². The van der Waals surface area contributed by atoms with Gasteiger partial charge in [-0.15, -0.1) is 0 Å². The van der Waals surface area contributed by atoms with Gasteiger partial charge in [-0.3, -0.25) is 10.1 Å². The van der Waals surface area contributed by atoms with Crippen molar-refractivity contribution in [3.63, 3.8) is 0 Å². The van der Waals surface area contributed by atoms with Gasteiger partial charge in [-0.2, -0.15) is 4.98 Å². The van der Waals surface area contributed by atoms with Crippen LogP contribution in [0.1, 0.15) is 0 Å². The van der Waals surface area contributed by atoms with E-state index in [1.165, 1.54) is 0 Å². The molecule has 20 heavy (non-hydrogen) atoms. The first kappa shape index (κ1) is 16.5. The Morgan fingerprint density at radius 2 is 1.90 bits per heavy atom.